The Kier molecular flexibility index (Phi) is 5.21. The van der Waals surface area contributed by atoms with Gasteiger partial charge in [0, 0.05) is 13.1 Å². The molecular weight excluding hydrogens is 248 g/mol. The molecule has 1 fully saturated rings. The molecule has 0 heterocycles. The molecule has 1 aliphatic rings. The van der Waals surface area contributed by atoms with Gasteiger partial charge >= 0.3 is 0 Å². The first-order chi connectivity index (χ1) is 8.17. The summed E-state index contributed by atoms with van der Waals surface area (Å²) in [6.07, 6.45) is 4.28. The second-order valence-electron chi connectivity index (χ2n) is 6.68. The van der Waals surface area contributed by atoms with Gasteiger partial charge in [-0.2, -0.15) is 0 Å². The highest BCUT2D eigenvalue weighted by Crippen LogP contribution is 2.30. The maximum Gasteiger partial charge on any atom is 0.214 e. The van der Waals surface area contributed by atoms with Gasteiger partial charge in [0.2, 0.25) is 10.0 Å². The Labute approximate surface area is 112 Å². The third-order valence-corrected chi connectivity index (χ3v) is 6.07. The van der Waals surface area contributed by atoms with Gasteiger partial charge in [-0.1, -0.05) is 33.6 Å². The molecule has 1 saturated carbocycles. The van der Waals surface area contributed by atoms with Gasteiger partial charge in [-0.25, -0.2) is 12.7 Å². The molecular formula is C13H28N2O2S. The molecule has 18 heavy (non-hydrogen) atoms. The van der Waals surface area contributed by atoms with Crippen LogP contribution in [0.3, 0.4) is 0 Å². The van der Waals surface area contributed by atoms with Crippen LogP contribution in [0.5, 0.6) is 0 Å². The van der Waals surface area contributed by atoms with Crippen LogP contribution < -0.4 is 5.73 Å². The molecule has 1 rings (SSSR count). The smallest absolute Gasteiger partial charge is 0.214 e. The molecule has 1 aliphatic carbocycles. The number of hydrogen-bond acceptors (Lipinski definition) is 3. The van der Waals surface area contributed by atoms with E-state index in [1.807, 2.05) is 20.8 Å². The summed E-state index contributed by atoms with van der Waals surface area (Å²) < 4.78 is 26.4. The number of nitrogens with zero attached hydrogens (tertiary/aromatic N) is 1. The van der Waals surface area contributed by atoms with Crippen LogP contribution in [0.25, 0.3) is 0 Å². The summed E-state index contributed by atoms with van der Waals surface area (Å²) in [5.74, 6) is 0.517. The predicted octanol–water partition coefficient (Wildman–Crippen LogP) is 1.81. The van der Waals surface area contributed by atoms with Crippen LogP contribution in [-0.2, 0) is 10.0 Å². The van der Waals surface area contributed by atoms with Crippen LogP contribution in [0.2, 0.25) is 0 Å². The maximum absolute atomic E-state index is 12.4. The van der Waals surface area contributed by atoms with Crippen molar-refractivity contribution in [3.05, 3.63) is 0 Å². The zero-order valence-corrected chi connectivity index (χ0v) is 13.0. The van der Waals surface area contributed by atoms with E-state index in [1.165, 1.54) is 6.42 Å². The fourth-order valence-electron chi connectivity index (χ4n) is 2.80. The average Bonchev–Trinajstić information content (AvgIpc) is 2.24. The molecule has 0 aromatic rings. The number of hydrogen-bond donors (Lipinski definition) is 1. The molecule has 0 radical (unpaired) electrons. The molecule has 4 nitrogen and oxygen atoms in total. The molecule has 0 aromatic heterocycles. The molecule has 0 saturated heterocycles. The fraction of sp³-hybridized carbons (Fsp3) is 1.00. The SMILES string of the molecule is CN(C1CCCCC1CN)S(=O)(=O)CC(C)(C)C. The Bertz CT molecular complexity index is 360. The molecule has 0 bridgehead atoms. The summed E-state index contributed by atoms with van der Waals surface area (Å²) in [5.41, 5.74) is 5.57. The summed E-state index contributed by atoms with van der Waals surface area (Å²) in [4.78, 5) is 0. The molecule has 5 heteroatoms. The van der Waals surface area contributed by atoms with E-state index in [-0.39, 0.29) is 17.2 Å². The van der Waals surface area contributed by atoms with Crippen LogP contribution >= 0.6 is 0 Å². The monoisotopic (exact) mass is 276 g/mol. The van der Waals surface area contributed by atoms with Gasteiger partial charge in [0.05, 0.1) is 5.75 Å². The Morgan fingerprint density at radius 1 is 1.22 bits per heavy atom. The van der Waals surface area contributed by atoms with Gasteiger partial charge in [-0.05, 0) is 30.7 Å². The molecule has 2 unspecified atom stereocenters. The summed E-state index contributed by atoms with van der Waals surface area (Å²) in [5, 5.41) is 0. The topological polar surface area (TPSA) is 63.4 Å². The Morgan fingerprint density at radius 3 is 2.28 bits per heavy atom. The first-order valence-corrected chi connectivity index (χ1v) is 8.44. The normalized spacial score (nSPS) is 26.6. The van der Waals surface area contributed by atoms with Crippen LogP contribution in [0.1, 0.15) is 46.5 Å². The standard InChI is InChI=1S/C13H28N2O2S/c1-13(2,3)10-18(16,17)15(4)12-8-6-5-7-11(12)9-14/h11-12H,5-10,14H2,1-4H3. The van der Waals surface area contributed by atoms with Crippen molar-refractivity contribution in [2.75, 3.05) is 19.3 Å². The van der Waals surface area contributed by atoms with Gasteiger partial charge in [0.1, 0.15) is 0 Å². The van der Waals surface area contributed by atoms with Crippen molar-refractivity contribution in [1.29, 1.82) is 0 Å². The Hall–Kier alpha value is -0.130. The predicted molar refractivity (Wildman–Crippen MR) is 75.8 cm³/mol. The molecule has 0 amide bonds. The maximum atomic E-state index is 12.4. The van der Waals surface area contributed by atoms with Crippen LogP contribution in [0.15, 0.2) is 0 Å². The summed E-state index contributed by atoms with van der Waals surface area (Å²) >= 11 is 0. The molecule has 0 aliphatic heterocycles. The van der Waals surface area contributed by atoms with E-state index in [1.54, 1.807) is 11.4 Å². The van der Waals surface area contributed by atoms with Crippen molar-refractivity contribution in [3.8, 4) is 0 Å². The van der Waals surface area contributed by atoms with Crippen LogP contribution in [0, 0.1) is 11.3 Å². The number of sulfonamides is 1. The highest BCUT2D eigenvalue weighted by Gasteiger charge is 2.35. The Balaban J connectivity index is 2.81. The zero-order valence-electron chi connectivity index (χ0n) is 12.1. The van der Waals surface area contributed by atoms with E-state index in [4.69, 9.17) is 5.73 Å². The second-order valence-corrected chi connectivity index (χ2v) is 8.71. The number of rotatable bonds is 4. The van der Waals surface area contributed by atoms with Gasteiger partial charge < -0.3 is 5.73 Å². The van der Waals surface area contributed by atoms with Gasteiger partial charge in [-0.3, -0.25) is 0 Å². The van der Waals surface area contributed by atoms with Crippen molar-refractivity contribution in [3.63, 3.8) is 0 Å². The number of nitrogens with two attached hydrogens (primary N) is 1. The van der Waals surface area contributed by atoms with Gasteiger partial charge in [0.15, 0.2) is 0 Å². The minimum Gasteiger partial charge on any atom is -0.330 e. The van der Waals surface area contributed by atoms with Gasteiger partial charge in [0.25, 0.3) is 0 Å². The highest BCUT2D eigenvalue weighted by atomic mass is 32.2. The third kappa shape index (κ3) is 4.21. The van der Waals surface area contributed by atoms with Crippen molar-refractivity contribution in [2.24, 2.45) is 17.1 Å². The lowest BCUT2D eigenvalue weighted by Gasteiger charge is -2.37. The van der Waals surface area contributed by atoms with Crippen molar-refractivity contribution in [1.82, 2.24) is 4.31 Å². The molecule has 0 aromatic carbocycles. The molecule has 2 N–H and O–H groups in total. The highest BCUT2D eigenvalue weighted by molar-refractivity contribution is 7.89. The fourth-order valence-corrected chi connectivity index (χ4v) is 4.79. The molecule has 2 atom stereocenters. The third-order valence-electron chi connectivity index (χ3n) is 3.69. The largest absolute Gasteiger partial charge is 0.330 e. The van der Waals surface area contributed by atoms with E-state index in [0.29, 0.717) is 12.5 Å². The van der Waals surface area contributed by atoms with Gasteiger partial charge in [-0.15, -0.1) is 0 Å². The average molecular weight is 276 g/mol. The molecule has 0 spiro atoms. The summed E-state index contributed by atoms with van der Waals surface area (Å²) in [6, 6.07) is 0.0936. The first-order valence-electron chi connectivity index (χ1n) is 6.83. The lowest BCUT2D eigenvalue weighted by atomic mass is 9.85. The van der Waals surface area contributed by atoms with Crippen molar-refractivity contribution in [2.45, 2.75) is 52.5 Å². The molecule has 108 valence electrons. The van der Waals surface area contributed by atoms with E-state index >= 15 is 0 Å². The van der Waals surface area contributed by atoms with E-state index < -0.39 is 10.0 Å². The van der Waals surface area contributed by atoms with E-state index in [2.05, 4.69) is 0 Å². The van der Waals surface area contributed by atoms with Crippen molar-refractivity contribution >= 4 is 10.0 Å². The minimum atomic E-state index is -3.18. The minimum absolute atomic E-state index is 0.0936. The van der Waals surface area contributed by atoms with Crippen LogP contribution in [-0.4, -0.2) is 38.1 Å². The quantitative estimate of drug-likeness (QED) is 0.852. The lowest BCUT2D eigenvalue weighted by molar-refractivity contribution is 0.203. The van der Waals surface area contributed by atoms with E-state index in [0.717, 1.165) is 19.3 Å². The summed E-state index contributed by atoms with van der Waals surface area (Å²) in [6.45, 7) is 6.46. The first kappa shape index (κ1) is 15.9. The lowest BCUT2D eigenvalue weighted by Crippen LogP contribution is -2.47. The van der Waals surface area contributed by atoms with E-state index in [9.17, 15) is 8.42 Å². The second kappa shape index (κ2) is 5.88. The van der Waals surface area contributed by atoms with Crippen LogP contribution in [0.4, 0.5) is 0 Å². The zero-order chi connectivity index (χ0) is 14.0. The Morgan fingerprint density at radius 2 is 1.78 bits per heavy atom. The van der Waals surface area contributed by atoms with Crippen molar-refractivity contribution < 1.29 is 8.42 Å². The summed E-state index contributed by atoms with van der Waals surface area (Å²) in [7, 11) is -1.46.